The first-order valence-electron chi connectivity index (χ1n) is 5.26. The average Bonchev–Trinajstić information content (AvgIpc) is 2.67. The number of methoxy groups -OCH3 is 1. The van der Waals surface area contributed by atoms with Gasteiger partial charge in [-0.25, -0.2) is 4.39 Å². The van der Waals surface area contributed by atoms with Gasteiger partial charge in [0, 0.05) is 25.9 Å². The summed E-state index contributed by atoms with van der Waals surface area (Å²) >= 11 is 8.70. The third-order valence-corrected chi connectivity index (χ3v) is 5.84. The zero-order chi connectivity index (χ0) is 13.3. The van der Waals surface area contributed by atoms with Crippen molar-refractivity contribution < 1.29 is 9.13 Å². The quantitative estimate of drug-likeness (QED) is 0.630. The second kappa shape index (κ2) is 5.72. The summed E-state index contributed by atoms with van der Waals surface area (Å²) in [5.41, 5.74) is 0.610. The average molecular weight is 394 g/mol. The number of hydrogen-bond acceptors (Lipinski definition) is 2. The molecule has 0 fully saturated rings. The van der Waals surface area contributed by atoms with E-state index in [9.17, 15) is 4.39 Å². The lowest BCUT2D eigenvalue weighted by molar-refractivity contribution is 0.411. The molecule has 1 heterocycles. The van der Waals surface area contributed by atoms with E-state index in [1.807, 2.05) is 13.0 Å². The van der Waals surface area contributed by atoms with Crippen molar-refractivity contribution in [1.29, 1.82) is 0 Å². The van der Waals surface area contributed by atoms with E-state index in [1.54, 1.807) is 23.5 Å². The molecule has 0 saturated carbocycles. The minimum atomic E-state index is -0.269. The molecule has 0 spiro atoms. The van der Waals surface area contributed by atoms with Gasteiger partial charge in [0.05, 0.1) is 11.9 Å². The van der Waals surface area contributed by atoms with E-state index >= 15 is 0 Å². The number of thiophene rings is 1. The number of halogens is 3. The smallest absolute Gasteiger partial charge is 0.131 e. The van der Waals surface area contributed by atoms with Crippen LogP contribution in [0.5, 0.6) is 5.75 Å². The van der Waals surface area contributed by atoms with Gasteiger partial charge in [-0.2, -0.15) is 0 Å². The van der Waals surface area contributed by atoms with Crippen molar-refractivity contribution in [3.05, 3.63) is 49.9 Å². The fourth-order valence-corrected chi connectivity index (χ4v) is 4.74. The van der Waals surface area contributed by atoms with Crippen LogP contribution in [-0.4, -0.2) is 7.11 Å². The van der Waals surface area contributed by atoms with Gasteiger partial charge in [-0.1, -0.05) is 22.0 Å². The van der Waals surface area contributed by atoms with Crippen molar-refractivity contribution in [3.8, 4) is 5.75 Å². The Morgan fingerprint density at radius 3 is 2.56 bits per heavy atom. The molecule has 0 saturated heterocycles. The molecule has 0 aliphatic heterocycles. The predicted octanol–water partition coefficient (Wildman–Crippen LogP) is 5.45. The van der Waals surface area contributed by atoms with Crippen LogP contribution in [0.3, 0.4) is 0 Å². The first-order chi connectivity index (χ1) is 8.52. The molecule has 2 aromatic rings. The van der Waals surface area contributed by atoms with Crippen molar-refractivity contribution in [3.63, 3.8) is 0 Å². The molecule has 1 aromatic heterocycles. The van der Waals surface area contributed by atoms with Crippen LogP contribution in [-0.2, 0) is 0 Å². The molecule has 18 heavy (non-hydrogen) atoms. The molecule has 0 amide bonds. The number of ether oxygens (including phenoxy) is 1. The maximum Gasteiger partial charge on any atom is 0.131 e. The van der Waals surface area contributed by atoms with Crippen LogP contribution < -0.4 is 4.74 Å². The van der Waals surface area contributed by atoms with Gasteiger partial charge in [0.25, 0.3) is 0 Å². The molecule has 1 nitrogen and oxygen atoms in total. The lowest BCUT2D eigenvalue weighted by Crippen LogP contribution is -1.96. The monoisotopic (exact) mass is 392 g/mol. The van der Waals surface area contributed by atoms with Gasteiger partial charge in [0.2, 0.25) is 0 Å². The Labute approximate surface area is 126 Å². The van der Waals surface area contributed by atoms with Gasteiger partial charge >= 0.3 is 0 Å². The number of hydrogen-bond donors (Lipinski definition) is 0. The molecular formula is C13H11Br2FOS. The highest BCUT2D eigenvalue weighted by atomic mass is 79.9. The molecule has 0 radical (unpaired) electrons. The summed E-state index contributed by atoms with van der Waals surface area (Å²) in [4.78, 5) is 2.10. The van der Waals surface area contributed by atoms with Crippen LogP contribution in [0.4, 0.5) is 4.39 Å². The van der Waals surface area contributed by atoms with E-state index < -0.39 is 0 Å². The number of rotatable bonds is 3. The van der Waals surface area contributed by atoms with E-state index in [1.165, 1.54) is 18.1 Å². The highest BCUT2D eigenvalue weighted by Crippen LogP contribution is 2.41. The predicted molar refractivity (Wildman–Crippen MR) is 80.5 cm³/mol. The first-order valence-corrected chi connectivity index (χ1v) is 7.78. The fourth-order valence-electron chi connectivity index (χ4n) is 1.66. The van der Waals surface area contributed by atoms with Crippen LogP contribution in [0.2, 0.25) is 0 Å². The van der Waals surface area contributed by atoms with Crippen LogP contribution in [0.1, 0.15) is 20.1 Å². The van der Waals surface area contributed by atoms with Crippen LogP contribution in [0, 0.1) is 12.7 Å². The van der Waals surface area contributed by atoms with Crippen molar-refractivity contribution in [2.45, 2.75) is 11.8 Å². The van der Waals surface area contributed by atoms with Crippen LogP contribution >= 0.6 is 43.2 Å². The zero-order valence-corrected chi connectivity index (χ0v) is 13.8. The van der Waals surface area contributed by atoms with Crippen molar-refractivity contribution in [1.82, 2.24) is 0 Å². The molecule has 0 bridgehead atoms. The number of aryl methyl sites for hydroxylation is 1. The molecular weight excluding hydrogens is 383 g/mol. The Morgan fingerprint density at radius 2 is 2.06 bits per heavy atom. The summed E-state index contributed by atoms with van der Waals surface area (Å²) in [5, 5.41) is 0. The molecule has 0 aliphatic rings. The Balaban J connectivity index is 2.39. The van der Waals surface area contributed by atoms with E-state index in [2.05, 4.69) is 31.9 Å². The Hall–Kier alpha value is -0.390. The summed E-state index contributed by atoms with van der Waals surface area (Å²) in [6, 6.07) is 6.95. The van der Waals surface area contributed by atoms with Gasteiger partial charge in [-0.15, -0.1) is 11.3 Å². The van der Waals surface area contributed by atoms with Crippen molar-refractivity contribution in [2.24, 2.45) is 0 Å². The van der Waals surface area contributed by atoms with Gasteiger partial charge < -0.3 is 4.74 Å². The van der Waals surface area contributed by atoms with E-state index in [-0.39, 0.29) is 10.6 Å². The molecule has 1 atom stereocenters. The summed E-state index contributed by atoms with van der Waals surface area (Å²) < 4.78 is 20.0. The Kier molecular flexibility index (Phi) is 4.45. The standard InChI is InChI=1S/C13H11Br2FOS/c1-7-5-10(14)13(18-7)12(15)9-4-3-8(17-2)6-11(9)16/h3-6,12H,1-2H3. The van der Waals surface area contributed by atoms with Gasteiger partial charge in [0.1, 0.15) is 11.6 Å². The fraction of sp³-hybridized carbons (Fsp3) is 0.231. The van der Waals surface area contributed by atoms with Crippen LogP contribution in [0.15, 0.2) is 28.7 Å². The van der Waals surface area contributed by atoms with Gasteiger partial charge in [-0.3, -0.25) is 0 Å². The zero-order valence-electron chi connectivity index (χ0n) is 9.84. The van der Waals surface area contributed by atoms with Crippen molar-refractivity contribution >= 4 is 43.2 Å². The third kappa shape index (κ3) is 2.78. The summed E-state index contributed by atoms with van der Waals surface area (Å²) in [6.07, 6.45) is 0. The summed E-state index contributed by atoms with van der Waals surface area (Å²) in [6.45, 7) is 2.03. The SMILES string of the molecule is COc1ccc(C(Br)c2sc(C)cc2Br)c(F)c1. The topological polar surface area (TPSA) is 9.23 Å². The largest absolute Gasteiger partial charge is 0.497 e. The van der Waals surface area contributed by atoms with E-state index in [4.69, 9.17) is 4.74 Å². The second-order valence-electron chi connectivity index (χ2n) is 3.82. The second-order valence-corrected chi connectivity index (χ2v) is 6.88. The molecule has 2 rings (SSSR count). The van der Waals surface area contributed by atoms with E-state index in [0.717, 1.165) is 9.35 Å². The maximum absolute atomic E-state index is 14.0. The molecule has 5 heteroatoms. The lowest BCUT2D eigenvalue weighted by Gasteiger charge is -2.11. The first kappa shape index (κ1) is 14.0. The lowest BCUT2D eigenvalue weighted by atomic mass is 10.1. The Morgan fingerprint density at radius 1 is 1.33 bits per heavy atom. The minimum Gasteiger partial charge on any atom is -0.497 e. The summed E-state index contributed by atoms with van der Waals surface area (Å²) in [7, 11) is 1.53. The number of benzene rings is 1. The molecule has 96 valence electrons. The highest BCUT2D eigenvalue weighted by Gasteiger charge is 2.19. The third-order valence-electron chi connectivity index (χ3n) is 2.55. The highest BCUT2D eigenvalue weighted by molar-refractivity contribution is 9.11. The van der Waals surface area contributed by atoms with Gasteiger partial charge in [0.15, 0.2) is 0 Å². The molecule has 1 unspecified atom stereocenters. The molecule has 0 N–H and O–H groups in total. The normalized spacial score (nSPS) is 12.5. The maximum atomic E-state index is 14.0. The minimum absolute atomic E-state index is 0.156. The molecule has 1 aromatic carbocycles. The van der Waals surface area contributed by atoms with Crippen molar-refractivity contribution in [2.75, 3.05) is 7.11 Å². The van der Waals surface area contributed by atoms with E-state index in [0.29, 0.717) is 11.3 Å². The number of alkyl halides is 1. The molecule has 0 aliphatic carbocycles. The van der Waals surface area contributed by atoms with Crippen LogP contribution in [0.25, 0.3) is 0 Å². The van der Waals surface area contributed by atoms with Gasteiger partial charge in [-0.05, 0) is 35.0 Å². The summed E-state index contributed by atoms with van der Waals surface area (Å²) in [5.74, 6) is 0.256. The Bertz CT molecular complexity index is 568.